The Balaban J connectivity index is 1.74. The Morgan fingerprint density at radius 2 is 2.00 bits per heavy atom. The highest BCUT2D eigenvalue weighted by Crippen LogP contribution is 2.30. The van der Waals surface area contributed by atoms with E-state index in [9.17, 15) is 9.59 Å². The first kappa shape index (κ1) is 18.0. The van der Waals surface area contributed by atoms with Crippen molar-refractivity contribution >= 4 is 23.3 Å². The van der Waals surface area contributed by atoms with E-state index in [2.05, 4.69) is 21.0 Å². The third-order valence-electron chi connectivity index (χ3n) is 4.90. The smallest absolute Gasteiger partial charge is 0.319 e. The van der Waals surface area contributed by atoms with Crippen LogP contribution in [0, 0.1) is 13.8 Å². The number of nitrogens with one attached hydrogen (secondary N) is 3. The molecule has 1 heterocycles. The van der Waals surface area contributed by atoms with Crippen molar-refractivity contribution in [2.75, 3.05) is 10.6 Å². The summed E-state index contributed by atoms with van der Waals surface area (Å²) in [5, 5.41) is 13.1. The Bertz CT molecular complexity index is 856. The zero-order chi connectivity index (χ0) is 18.8. The molecule has 7 nitrogen and oxygen atoms in total. The summed E-state index contributed by atoms with van der Waals surface area (Å²) in [4.78, 5) is 23.9. The summed E-state index contributed by atoms with van der Waals surface area (Å²) in [5.74, 6) is -0.135. The van der Waals surface area contributed by atoms with Crippen molar-refractivity contribution in [3.05, 3.63) is 40.7 Å². The molecule has 2 aromatic rings. The summed E-state index contributed by atoms with van der Waals surface area (Å²) < 4.78 is 1.88. The van der Waals surface area contributed by atoms with Gasteiger partial charge in [0.05, 0.1) is 12.2 Å². The largest absolute Gasteiger partial charge is 0.331 e. The van der Waals surface area contributed by atoms with Crippen LogP contribution in [0.2, 0.25) is 0 Å². The molecule has 7 heteroatoms. The molecular weight excluding hydrogens is 330 g/mol. The van der Waals surface area contributed by atoms with Crippen molar-refractivity contribution in [3.8, 4) is 0 Å². The molecule has 1 aromatic carbocycles. The fourth-order valence-electron chi connectivity index (χ4n) is 3.52. The highest BCUT2D eigenvalue weighted by Gasteiger charge is 2.25. The van der Waals surface area contributed by atoms with Crippen molar-refractivity contribution < 1.29 is 9.59 Å². The topological polar surface area (TPSA) is 88.1 Å². The summed E-state index contributed by atoms with van der Waals surface area (Å²) in [6.45, 7) is 5.28. The lowest BCUT2D eigenvalue weighted by Gasteiger charge is -2.24. The Hall–Kier alpha value is -2.83. The third kappa shape index (κ3) is 3.56. The summed E-state index contributed by atoms with van der Waals surface area (Å²) in [6, 6.07) is 3.44. The van der Waals surface area contributed by atoms with Crippen LogP contribution < -0.4 is 16.0 Å². The molecule has 0 saturated carbocycles. The summed E-state index contributed by atoms with van der Waals surface area (Å²) in [6.07, 6.45) is 4.75. The maximum atomic E-state index is 12.5. The summed E-state index contributed by atoms with van der Waals surface area (Å²) in [7, 11) is 1.93. The maximum absolute atomic E-state index is 12.5. The first-order valence-electron chi connectivity index (χ1n) is 8.83. The number of benzene rings is 1. The molecule has 1 atom stereocenters. The second-order valence-corrected chi connectivity index (χ2v) is 6.82. The van der Waals surface area contributed by atoms with Gasteiger partial charge in [-0.2, -0.15) is 5.10 Å². The zero-order valence-electron chi connectivity index (χ0n) is 15.6. The predicted octanol–water partition coefficient (Wildman–Crippen LogP) is 3.19. The number of fused-ring (bicyclic) bond motifs is 1. The molecular formula is C19H25N5O2. The highest BCUT2D eigenvalue weighted by atomic mass is 16.2. The van der Waals surface area contributed by atoms with Crippen LogP contribution in [0.25, 0.3) is 0 Å². The molecule has 3 rings (SSSR count). The van der Waals surface area contributed by atoms with Crippen LogP contribution in [0.1, 0.15) is 48.2 Å². The standard InChI is InChI=1S/C19H25N5O2/c1-11-8-9-15(12(2)18(11)21-13(3)25)22-19(26)23-16-6-5-7-17-14(16)10-20-24(17)4/h8-10,16H,5-7H2,1-4H3,(H,21,25)(H2,22,23,26). The maximum Gasteiger partial charge on any atom is 0.319 e. The number of carbonyl (C=O) groups is 2. The van der Waals surface area contributed by atoms with Gasteiger partial charge >= 0.3 is 6.03 Å². The van der Waals surface area contributed by atoms with Crippen LogP contribution in [0.15, 0.2) is 18.3 Å². The predicted molar refractivity (Wildman–Crippen MR) is 101 cm³/mol. The monoisotopic (exact) mass is 355 g/mol. The average molecular weight is 355 g/mol. The molecule has 1 aliphatic carbocycles. The van der Waals surface area contributed by atoms with E-state index in [1.165, 1.54) is 12.6 Å². The Morgan fingerprint density at radius 3 is 2.73 bits per heavy atom. The first-order valence-corrected chi connectivity index (χ1v) is 8.83. The van der Waals surface area contributed by atoms with Crippen molar-refractivity contribution in [1.29, 1.82) is 0 Å². The molecule has 0 bridgehead atoms. The number of rotatable bonds is 3. The van der Waals surface area contributed by atoms with Crippen molar-refractivity contribution in [1.82, 2.24) is 15.1 Å². The van der Waals surface area contributed by atoms with Crippen LogP contribution in [0.3, 0.4) is 0 Å². The van der Waals surface area contributed by atoms with Gasteiger partial charge in [-0.3, -0.25) is 9.48 Å². The van der Waals surface area contributed by atoms with Crippen molar-refractivity contribution in [2.24, 2.45) is 7.05 Å². The number of hydrogen-bond donors (Lipinski definition) is 3. The van der Waals surface area contributed by atoms with E-state index in [4.69, 9.17) is 0 Å². The van der Waals surface area contributed by atoms with Crippen molar-refractivity contribution in [2.45, 2.75) is 46.1 Å². The Kier molecular flexibility index (Phi) is 4.97. The first-order chi connectivity index (χ1) is 12.4. The van der Waals surface area contributed by atoms with E-state index >= 15 is 0 Å². The summed E-state index contributed by atoms with van der Waals surface area (Å²) in [5.41, 5.74) is 5.48. The van der Waals surface area contributed by atoms with Gasteiger partial charge < -0.3 is 16.0 Å². The second kappa shape index (κ2) is 7.19. The second-order valence-electron chi connectivity index (χ2n) is 6.82. The molecule has 0 saturated heterocycles. The SMILES string of the molecule is CC(=O)Nc1c(C)ccc(NC(=O)NC2CCCc3c2cnn3C)c1C. The molecule has 138 valence electrons. The Labute approximate surface area is 153 Å². The molecule has 1 aliphatic rings. The van der Waals surface area contributed by atoms with Crippen molar-refractivity contribution in [3.63, 3.8) is 0 Å². The number of aryl methyl sites for hydroxylation is 2. The molecule has 0 spiro atoms. The average Bonchev–Trinajstić information content (AvgIpc) is 2.96. The Morgan fingerprint density at radius 1 is 1.23 bits per heavy atom. The van der Waals surface area contributed by atoms with Gasteiger partial charge in [0.1, 0.15) is 0 Å². The van der Waals surface area contributed by atoms with Crippen LogP contribution in [-0.4, -0.2) is 21.7 Å². The molecule has 0 radical (unpaired) electrons. The van der Waals surface area contributed by atoms with Gasteiger partial charge in [-0.1, -0.05) is 6.07 Å². The van der Waals surface area contributed by atoms with Crippen LogP contribution in [-0.2, 0) is 18.3 Å². The lowest BCUT2D eigenvalue weighted by atomic mass is 9.93. The number of anilines is 2. The lowest BCUT2D eigenvalue weighted by Crippen LogP contribution is -2.34. The number of carbonyl (C=O) groups excluding carboxylic acids is 2. The van der Waals surface area contributed by atoms with Gasteiger partial charge in [0, 0.05) is 36.6 Å². The van der Waals surface area contributed by atoms with E-state index in [0.717, 1.165) is 41.6 Å². The number of nitrogens with zero attached hydrogens (tertiary/aromatic N) is 2. The van der Waals surface area contributed by atoms with E-state index in [-0.39, 0.29) is 18.0 Å². The fraction of sp³-hybridized carbons (Fsp3) is 0.421. The van der Waals surface area contributed by atoms with E-state index < -0.39 is 0 Å². The van der Waals surface area contributed by atoms with Gasteiger partial charge in [0.15, 0.2) is 0 Å². The molecule has 3 amide bonds. The van der Waals surface area contributed by atoms with Gasteiger partial charge in [0.25, 0.3) is 0 Å². The molecule has 0 aliphatic heterocycles. The van der Waals surface area contributed by atoms with Gasteiger partial charge in [-0.15, -0.1) is 0 Å². The minimum atomic E-state index is -0.257. The van der Waals surface area contributed by atoms with E-state index in [1.807, 2.05) is 43.9 Å². The minimum absolute atomic E-state index is 0.0342. The molecule has 0 fully saturated rings. The quantitative estimate of drug-likeness (QED) is 0.790. The normalized spacial score (nSPS) is 15.9. The lowest BCUT2D eigenvalue weighted by molar-refractivity contribution is -0.114. The molecule has 26 heavy (non-hydrogen) atoms. The van der Waals surface area contributed by atoms with Gasteiger partial charge in [-0.25, -0.2) is 4.79 Å². The van der Waals surface area contributed by atoms with Gasteiger partial charge in [0.2, 0.25) is 5.91 Å². The summed E-state index contributed by atoms with van der Waals surface area (Å²) >= 11 is 0. The molecule has 1 aromatic heterocycles. The number of amides is 3. The van der Waals surface area contributed by atoms with E-state index in [1.54, 1.807) is 0 Å². The fourth-order valence-corrected chi connectivity index (χ4v) is 3.52. The molecule has 1 unspecified atom stereocenters. The third-order valence-corrected chi connectivity index (χ3v) is 4.90. The minimum Gasteiger partial charge on any atom is -0.331 e. The van der Waals surface area contributed by atoms with Crippen LogP contribution >= 0.6 is 0 Å². The number of urea groups is 1. The van der Waals surface area contributed by atoms with Crippen LogP contribution in [0.5, 0.6) is 0 Å². The molecule has 3 N–H and O–H groups in total. The zero-order valence-corrected chi connectivity index (χ0v) is 15.6. The van der Waals surface area contributed by atoms with Crippen LogP contribution in [0.4, 0.5) is 16.2 Å². The number of aromatic nitrogens is 2. The van der Waals surface area contributed by atoms with E-state index in [0.29, 0.717) is 5.69 Å². The highest BCUT2D eigenvalue weighted by molar-refractivity contribution is 5.95. The van der Waals surface area contributed by atoms with Gasteiger partial charge in [-0.05, 0) is 50.3 Å². The number of hydrogen-bond acceptors (Lipinski definition) is 3.